The minimum Gasteiger partial charge on any atom is -0.349 e. The molecule has 2 fully saturated rings. The van der Waals surface area contributed by atoms with Crippen LogP contribution >= 0.6 is 0 Å². The summed E-state index contributed by atoms with van der Waals surface area (Å²) in [4.78, 5) is 28.6. The van der Waals surface area contributed by atoms with Gasteiger partial charge in [-0.2, -0.15) is 13.2 Å². The lowest BCUT2D eigenvalue weighted by atomic mass is 9.95. The summed E-state index contributed by atoms with van der Waals surface area (Å²) in [5, 5.41) is 2.89. The molecule has 0 spiro atoms. The van der Waals surface area contributed by atoms with Crippen molar-refractivity contribution in [3.05, 3.63) is 35.4 Å². The van der Waals surface area contributed by atoms with Crippen LogP contribution in [0.2, 0.25) is 0 Å². The quantitative estimate of drug-likeness (QED) is 0.843. The Morgan fingerprint density at radius 3 is 2.07 bits per heavy atom. The Balaban J connectivity index is 1.49. The molecule has 0 aliphatic carbocycles. The van der Waals surface area contributed by atoms with Crippen LogP contribution in [0, 0.1) is 5.92 Å². The van der Waals surface area contributed by atoms with Gasteiger partial charge in [-0.3, -0.25) is 4.79 Å². The molecule has 2 aliphatic heterocycles. The third-order valence-electron chi connectivity index (χ3n) is 5.61. The fourth-order valence-corrected chi connectivity index (χ4v) is 3.82. The Kier molecular flexibility index (Phi) is 6.15. The van der Waals surface area contributed by atoms with E-state index in [9.17, 15) is 22.8 Å². The molecule has 5 nitrogen and oxygen atoms in total. The highest BCUT2D eigenvalue weighted by molar-refractivity contribution is 5.80. The number of carbonyl (C=O) groups is 2. The van der Waals surface area contributed by atoms with Gasteiger partial charge in [0.05, 0.1) is 11.6 Å². The van der Waals surface area contributed by atoms with Crippen molar-refractivity contribution in [3.63, 3.8) is 0 Å². The SMILES string of the molecule is CC(NC(=O)C1CCN(C(=O)N2CCCC2)CC1)c1ccc(C(F)(F)F)cc1. The molecule has 0 bridgehead atoms. The highest BCUT2D eigenvalue weighted by atomic mass is 19.4. The summed E-state index contributed by atoms with van der Waals surface area (Å²) in [5.41, 5.74) is -0.0761. The first-order valence-electron chi connectivity index (χ1n) is 9.77. The van der Waals surface area contributed by atoms with Crippen LogP contribution in [-0.4, -0.2) is 47.9 Å². The van der Waals surface area contributed by atoms with Crippen molar-refractivity contribution in [2.75, 3.05) is 26.2 Å². The molecule has 1 N–H and O–H groups in total. The Hall–Kier alpha value is -2.25. The maximum atomic E-state index is 12.7. The number of carbonyl (C=O) groups excluding carboxylic acids is 2. The normalized spacial score (nSPS) is 19.6. The number of likely N-dealkylation sites (tertiary alicyclic amines) is 2. The number of urea groups is 1. The summed E-state index contributed by atoms with van der Waals surface area (Å²) >= 11 is 0. The predicted octanol–water partition coefficient (Wildman–Crippen LogP) is 3.81. The number of hydrogen-bond donors (Lipinski definition) is 1. The number of benzene rings is 1. The van der Waals surface area contributed by atoms with Crippen molar-refractivity contribution in [1.82, 2.24) is 15.1 Å². The lowest BCUT2D eigenvalue weighted by Gasteiger charge is -2.34. The molecule has 1 atom stereocenters. The van der Waals surface area contributed by atoms with E-state index in [1.807, 2.05) is 9.80 Å². The second-order valence-electron chi connectivity index (χ2n) is 7.59. The van der Waals surface area contributed by atoms with Crippen molar-refractivity contribution in [3.8, 4) is 0 Å². The molecule has 154 valence electrons. The number of nitrogens with zero attached hydrogens (tertiary/aromatic N) is 2. The van der Waals surface area contributed by atoms with E-state index >= 15 is 0 Å². The largest absolute Gasteiger partial charge is 0.416 e. The summed E-state index contributed by atoms with van der Waals surface area (Å²) in [5.74, 6) is -0.291. The van der Waals surface area contributed by atoms with Crippen molar-refractivity contribution in [2.45, 2.75) is 44.8 Å². The molecule has 0 radical (unpaired) electrons. The molecule has 1 aromatic rings. The van der Waals surface area contributed by atoms with Crippen molar-refractivity contribution < 1.29 is 22.8 Å². The zero-order valence-electron chi connectivity index (χ0n) is 16.0. The van der Waals surface area contributed by atoms with Gasteiger partial charge in [0.2, 0.25) is 5.91 Å². The molecule has 3 amide bonds. The van der Waals surface area contributed by atoms with Gasteiger partial charge >= 0.3 is 12.2 Å². The molecular formula is C20H26F3N3O2. The van der Waals surface area contributed by atoms with E-state index in [1.54, 1.807) is 6.92 Å². The second kappa shape index (κ2) is 8.41. The standard InChI is InChI=1S/C20H26F3N3O2/c1-14(15-4-6-17(7-5-15)20(21,22)23)24-18(27)16-8-12-26(13-9-16)19(28)25-10-2-3-11-25/h4-7,14,16H,2-3,8-13H2,1H3,(H,24,27). The summed E-state index contributed by atoms with van der Waals surface area (Å²) in [6, 6.07) is 4.53. The number of amides is 3. The topological polar surface area (TPSA) is 52.7 Å². The Morgan fingerprint density at radius 1 is 1.00 bits per heavy atom. The Bertz CT molecular complexity index is 692. The summed E-state index contributed by atoms with van der Waals surface area (Å²) in [6.07, 6.45) is -1.07. The van der Waals surface area contributed by atoms with Gasteiger partial charge in [-0.05, 0) is 50.3 Å². The highest BCUT2D eigenvalue weighted by Crippen LogP contribution is 2.30. The molecule has 2 aliphatic rings. The van der Waals surface area contributed by atoms with E-state index < -0.39 is 11.7 Å². The maximum Gasteiger partial charge on any atom is 0.416 e. The fourth-order valence-electron chi connectivity index (χ4n) is 3.82. The number of nitrogens with one attached hydrogen (secondary N) is 1. The van der Waals surface area contributed by atoms with E-state index in [-0.39, 0.29) is 23.9 Å². The average Bonchev–Trinajstić information content (AvgIpc) is 3.21. The van der Waals surface area contributed by atoms with E-state index in [2.05, 4.69) is 5.32 Å². The number of rotatable bonds is 3. The lowest BCUT2D eigenvalue weighted by Crippen LogP contribution is -2.47. The third kappa shape index (κ3) is 4.77. The van der Waals surface area contributed by atoms with Gasteiger partial charge in [0.25, 0.3) is 0 Å². The Morgan fingerprint density at radius 2 is 1.54 bits per heavy atom. The monoisotopic (exact) mass is 397 g/mol. The van der Waals surface area contributed by atoms with Gasteiger partial charge in [0.1, 0.15) is 0 Å². The third-order valence-corrected chi connectivity index (χ3v) is 5.61. The minimum atomic E-state index is -4.37. The van der Waals surface area contributed by atoms with E-state index in [1.165, 1.54) is 12.1 Å². The van der Waals surface area contributed by atoms with E-state index in [0.717, 1.165) is 38.1 Å². The molecule has 1 aromatic carbocycles. The molecular weight excluding hydrogens is 371 g/mol. The number of alkyl halides is 3. The average molecular weight is 397 g/mol. The summed E-state index contributed by atoms with van der Waals surface area (Å²) < 4.78 is 38.0. The molecule has 2 heterocycles. The van der Waals surface area contributed by atoms with Gasteiger partial charge in [0, 0.05) is 32.1 Å². The summed E-state index contributed by atoms with van der Waals surface area (Å²) in [7, 11) is 0. The van der Waals surface area contributed by atoms with Crippen LogP contribution in [0.4, 0.5) is 18.0 Å². The van der Waals surface area contributed by atoms with Crippen LogP contribution < -0.4 is 5.32 Å². The first kappa shape index (κ1) is 20.5. The molecule has 8 heteroatoms. The number of hydrogen-bond acceptors (Lipinski definition) is 2. The fraction of sp³-hybridized carbons (Fsp3) is 0.600. The molecule has 3 rings (SSSR count). The van der Waals surface area contributed by atoms with Crippen molar-refractivity contribution >= 4 is 11.9 Å². The molecule has 0 saturated carbocycles. The highest BCUT2D eigenvalue weighted by Gasteiger charge is 2.32. The van der Waals surface area contributed by atoms with Gasteiger partial charge in [-0.25, -0.2) is 4.79 Å². The van der Waals surface area contributed by atoms with Gasteiger partial charge in [-0.15, -0.1) is 0 Å². The number of halogens is 3. The zero-order chi connectivity index (χ0) is 20.3. The van der Waals surface area contributed by atoms with Crippen LogP contribution in [0.25, 0.3) is 0 Å². The van der Waals surface area contributed by atoms with E-state index in [0.29, 0.717) is 31.5 Å². The van der Waals surface area contributed by atoms with Gasteiger partial charge in [-0.1, -0.05) is 12.1 Å². The first-order chi connectivity index (χ1) is 13.3. The molecule has 2 saturated heterocycles. The zero-order valence-corrected chi connectivity index (χ0v) is 16.0. The smallest absolute Gasteiger partial charge is 0.349 e. The van der Waals surface area contributed by atoms with Gasteiger partial charge in [0.15, 0.2) is 0 Å². The Labute approximate surface area is 162 Å². The van der Waals surface area contributed by atoms with Crippen LogP contribution in [0.5, 0.6) is 0 Å². The van der Waals surface area contributed by atoms with E-state index in [4.69, 9.17) is 0 Å². The number of piperidine rings is 1. The van der Waals surface area contributed by atoms with Crippen LogP contribution in [0.15, 0.2) is 24.3 Å². The van der Waals surface area contributed by atoms with Crippen molar-refractivity contribution in [1.29, 1.82) is 0 Å². The summed E-state index contributed by atoms with van der Waals surface area (Å²) in [6.45, 7) is 4.49. The minimum absolute atomic E-state index is 0.0643. The van der Waals surface area contributed by atoms with Crippen LogP contribution in [0.3, 0.4) is 0 Å². The molecule has 1 unspecified atom stereocenters. The lowest BCUT2D eigenvalue weighted by molar-refractivity contribution is -0.137. The predicted molar refractivity (Wildman–Crippen MR) is 98.5 cm³/mol. The first-order valence-corrected chi connectivity index (χ1v) is 9.77. The second-order valence-corrected chi connectivity index (χ2v) is 7.59. The van der Waals surface area contributed by atoms with Crippen molar-refractivity contribution in [2.24, 2.45) is 5.92 Å². The van der Waals surface area contributed by atoms with Crippen LogP contribution in [-0.2, 0) is 11.0 Å². The maximum absolute atomic E-state index is 12.7. The van der Waals surface area contributed by atoms with Crippen LogP contribution in [0.1, 0.15) is 49.8 Å². The molecule has 28 heavy (non-hydrogen) atoms. The molecule has 0 aromatic heterocycles. The van der Waals surface area contributed by atoms with Gasteiger partial charge < -0.3 is 15.1 Å².